The van der Waals surface area contributed by atoms with Crippen molar-refractivity contribution in [3.8, 4) is 0 Å². The standard InChI is InChI=1S/C18H16O/c1-3-7-15(8-4-1)11-12-18-17(13-14-19-18)16-9-5-2-6-10-16/h1-14,17-18H/b12-11+. The first-order valence-electron chi connectivity index (χ1n) is 6.54. The summed E-state index contributed by atoms with van der Waals surface area (Å²) in [6, 6.07) is 20.8. The van der Waals surface area contributed by atoms with Crippen molar-refractivity contribution in [3.05, 3.63) is 90.2 Å². The normalized spacial score (nSPS) is 21.7. The molecule has 0 amide bonds. The molecule has 1 heterocycles. The van der Waals surface area contributed by atoms with Crippen LogP contribution in [-0.4, -0.2) is 6.10 Å². The summed E-state index contributed by atoms with van der Waals surface area (Å²) in [6.45, 7) is 0. The van der Waals surface area contributed by atoms with Crippen LogP contribution in [0.2, 0.25) is 0 Å². The lowest BCUT2D eigenvalue weighted by molar-refractivity contribution is 0.201. The van der Waals surface area contributed by atoms with Crippen LogP contribution in [0.25, 0.3) is 6.08 Å². The van der Waals surface area contributed by atoms with Crippen molar-refractivity contribution in [2.24, 2.45) is 0 Å². The van der Waals surface area contributed by atoms with E-state index in [4.69, 9.17) is 4.74 Å². The van der Waals surface area contributed by atoms with E-state index >= 15 is 0 Å². The Kier molecular flexibility index (Phi) is 3.46. The third-order valence-electron chi connectivity index (χ3n) is 3.34. The molecule has 94 valence electrons. The molecule has 1 aliphatic rings. The van der Waals surface area contributed by atoms with E-state index in [1.54, 1.807) is 6.26 Å². The molecule has 2 aromatic carbocycles. The molecule has 0 aromatic heterocycles. The fourth-order valence-corrected chi connectivity index (χ4v) is 2.33. The van der Waals surface area contributed by atoms with Crippen LogP contribution in [0.1, 0.15) is 17.0 Å². The number of ether oxygens (including phenoxy) is 1. The molecule has 0 fully saturated rings. The van der Waals surface area contributed by atoms with E-state index in [0.29, 0.717) is 5.92 Å². The smallest absolute Gasteiger partial charge is 0.127 e. The maximum atomic E-state index is 5.67. The monoisotopic (exact) mass is 248 g/mol. The summed E-state index contributed by atoms with van der Waals surface area (Å²) < 4.78 is 5.67. The lowest BCUT2D eigenvalue weighted by atomic mass is 9.94. The molecule has 1 nitrogen and oxygen atoms in total. The Morgan fingerprint density at radius 3 is 2.26 bits per heavy atom. The number of hydrogen-bond donors (Lipinski definition) is 0. The molecule has 2 unspecified atom stereocenters. The van der Waals surface area contributed by atoms with E-state index in [1.165, 1.54) is 11.1 Å². The van der Waals surface area contributed by atoms with Crippen LogP contribution in [0.4, 0.5) is 0 Å². The second kappa shape index (κ2) is 5.57. The molecule has 0 saturated carbocycles. The van der Waals surface area contributed by atoms with Gasteiger partial charge in [-0.15, -0.1) is 0 Å². The van der Waals surface area contributed by atoms with Gasteiger partial charge in [0.2, 0.25) is 0 Å². The number of hydrogen-bond acceptors (Lipinski definition) is 1. The van der Waals surface area contributed by atoms with Crippen molar-refractivity contribution in [2.45, 2.75) is 12.0 Å². The molecule has 1 heteroatoms. The van der Waals surface area contributed by atoms with Gasteiger partial charge in [0.1, 0.15) is 6.10 Å². The number of rotatable bonds is 3. The maximum absolute atomic E-state index is 5.67. The summed E-state index contributed by atoms with van der Waals surface area (Å²) in [7, 11) is 0. The summed E-state index contributed by atoms with van der Waals surface area (Å²) in [4.78, 5) is 0. The molecule has 0 N–H and O–H groups in total. The number of benzene rings is 2. The first kappa shape index (κ1) is 11.8. The third kappa shape index (κ3) is 2.76. The second-order valence-electron chi connectivity index (χ2n) is 4.64. The molecule has 0 aliphatic carbocycles. The Balaban J connectivity index is 1.77. The van der Waals surface area contributed by atoms with E-state index in [1.807, 2.05) is 24.3 Å². The van der Waals surface area contributed by atoms with Crippen LogP contribution in [0.5, 0.6) is 0 Å². The topological polar surface area (TPSA) is 9.23 Å². The highest BCUT2D eigenvalue weighted by Crippen LogP contribution is 2.29. The minimum absolute atomic E-state index is 0.0857. The molecule has 19 heavy (non-hydrogen) atoms. The molecule has 1 aliphatic heterocycles. The Hall–Kier alpha value is -2.28. The van der Waals surface area contributed by atoms with Crippen LogP contribution in [0, 0.1) is 0 Å². The van der Waals surface area contributed by atoms with Gasteiger partial charge in [0.25, 0.3) is 0 Å². The van der Waals surface area contributed by atoms with Crippen LogP contribution in [-0.2, 0) is 4.74 Å². The Labute approximate surface area is 113 Å². The summed E-state index contributed by atoms with van der Waals surface area (Å²) in [5.41, 5.74) is 2.49. The van der Waals surface area contributed by atoms with Crippen LogP contribution >= 0.6 is 0 Å². The zero-order valence-corrected chi connectivity index (χ0v) is 10.6. The third-order valence-corrected chi connectivity index (χ3v) is 3.34. The van der Waals surface area contributed by atoms with Gasteiger partial charge in [0.15, 0.2) is 0 Å². The fraction of sp³-hybridized carbons (Fsp3) is 0.111. The average Bonchev–Trinajstić information content (AvgIpc) is 2.95. The van der Waals surface area contributed by atoms with Gasteiger partial charge in [-0.3, -0.25) is 0 Å². The highest BCUT2D eigenvalue weighted by molar-refractivity contribution is 5.50. The summed E-state index contributed by atoms with van der Waals surface area (Å²) in [5.74, 6) is 0.307. The van der Waals surface area contributed by atoms with Crippen molar-refractivity contribution < 1.29 is 4.74 Å². The Morgan fingerprint density at radius 1 is 0.842 bits per heavy atom. The van der Waals surface area contributed by atoms with E-state index in [9.17, 15) is 0 Å². The highest BCUT2D eigenvalue weighted by Gasteiger charge is 2.23. The minimum Gasteiger partial charge on any atom is -0.493 e. The van der Waals surface area contributed by atoms with Gasteiger partial charge in [-0.1, -0.05) is 66.7 Å². The van der Waals surface area contributed by atoms with Crippen LogP contribution in [0.15, 0.2) is 79.1 Å². The Morgan fingerprint density at radius 2 is 1.53 bits per heavy atom. The SMILES string of the molecule is C1=CC(c2ccccc2)C(/C=C/c2ccccc2)O1. The summed E-state index contributed by atoms with van der Waals surface area (Å²) >= 11 is 0. The highest BCUT2D eigenvalue weighted by atomic mass is 16.5. The predicted octanol–water partition coefficient (Wildman–Crippen LogP) is 4.40. The molecular formula is C18H16O. The van der Waals surface area contributed by atoms with Crippen LogP contribution in [0.3, 0.4) is 0 Å². The van der Waals surface area contributed by atoms with Gasteiger partial charge >= 0.3 is 0 Å². The first-order chi connectivity index (χ1) is 9.43. The maximum Gasteiger partial charge on any atom is 0.127 e. The molecule has 0 saturated heterocycles. The van der Waals surface area contributed by atoms with Gasteiger partial charge < -0.3 is 4.74 Å². The predicted molar refractivity (Wildman–Crippen MR) is 78.7 cm³/mol. The lowest BCUT2D eigenvalue weighted by Gasteiger charge is -2.15. The molecule has 2 atom stereocenters. The molecule has 0 radical (unpaired) electrons. The summed E-state index contributed by atoms with van der Waals surface area (Å²) in [6.07, 6.45) is 8.26. The van der Waals surface area contributed by atoms with Crippen molar-refractivity contribution in [1.82, 2.24) is 0 Å². The minimum atomic E-state index is 0.0857. The van der Waals surface area contributed by atoms with E-state index < -0.39 is 0 Å². The van der Waals surface area contributed by atoms with Gasteiger partial charge in [-0.25, -0.2) is 0 Å². The molecule has 2 aromatic rings. The van der Waals surface area contributed by atoms with Crippen molar-refractivity contribution in [3.63, 3.8) is 0 Å². The first-order valence-corrected chi connectivity index (χ1v) is 6.54. The quantitative estimate of drug-likeness (QED) is 0.782. The second-order valence-corrected chi connectivity index (χ2v) is 4.64. The van der Waals surface area contributed by atoms with Crippen LogP contribution < -0.4 is 0 Å². The lowest BCUT2D eigenvalue weighted by Crippen LogP contribution is -2.11. The van der Waals surface area contributed by atoms with Gasteiger partial charge in [0, 0.05) is 5.92 Å². The molecule has 0 bridgehead atoms. The van der Waals surface area contributed by atoms with Gasteiger partial charge in [0.05, 0.1) is 6.26 Å². The fourth-order valence-electron chi connectivity index (χ4n) is 2.33. The molecule has 3 rings (SSSR count). The zero-order valence-electron chi connectivity index (χ0n) is 10.6. The van der Waals surface area contributed by atoms with Gasteiger partial charge in [-0.2, -0.15) is 0 Å². The van der Waals surface area contributed by atoms with Crippen molar-refractivity contribution in [1.29, 1.82) is 0 Å². The largest absolute Gasteiger partial charge is 0.493 e. The Bertz CT molecular complexity index is 569. The van der Waals surface area contributed by atoms with E-state index in [0.717, 1.165) is 0 Å². The van der Waals surface area contributed by atoms with E-state index in [2.05, 4.69) is 54.6 Å². The van der Waals surface area contributed by atoms with Gasteiger partial charge in [-0.05, 0) is 23.3 Å². The zero-order chi connectivity index (χ0) is 12.9. The average molecular weight is 248 g/mol. The molecule has 0 spiro atoms. The van der Waals surface area contributed by atoms with Crippen molar-refractivity contribution in [2.75, 3.05) is 0 Å². The molecular weight excluding hydrogens is 232 g/mol. The summed E-state index contributed by atoms with van der Waals surface area (Å²) in [5, 5.41) is 0. The van der Waals surface area contributed by atoms with Crippen molar-refractivity contribution >= 4 is 6.08 Å². The van der Waals surface area contributed by atoms with E-state index in [-0.39, 0.29) is 6.10 Å².